The highest BCUT2D eigenvalue weighted by atomic mass is 32.2. The van der Waals surface area contributed by atoms with Gasteiger partial charge in [-0.05, 0) is 31.2 Å². The second-order valence-corrected chi connectivity index (χ2v) is 5.92. The fraction of sp³-hybridized carbons (Fsp3) is 0.571. The number of hydrogen-bond donors (Lipinski definition) is 1. The molecule has 0 amide bonds. The van der Waals surface area contributed by atoms with Crippen LogP contribution in [0.5, 0.6) is 5.75 Å². The van der Waals surface area contributed by atoms with Gasteiger partial charge in [0.05, 0.1) is 7.11 Å². The summed E-state index contributed by atoms with van der Waals surface area (Å²) in [6.07, 6.45) is 0. The molecule has 0 aliphatic carbocycles. The van der Waals surface area contributed by atoms with Gasteiger partial charge in [-0.2, -0.15) is 11.8 Å². The largest absolute Gasteiger partial charge is 0.496 e. The molecule has 0 spiro atoms. The molecule has 2 rings (SSSR count). The molecule has 2 unspecified atom stereocenters. The third-order valence-electron chi connectivity index (χ3n) is 3.16. The van der Waals surface area contributed by atoms with Crippen LogP contribution >= 0.6 is 11.8 Å². The van der Waals surface area contributed by atoms with E-state index in [1.54, 1.807) is 7.11 Å². The van der Waals surface area contributed by atoms with E-state index in [1.807, 2.05) is 11.8 Å². The van der Waals surface area contributed by atoms with E-state index in [1.165, 1.54) is 16.9 Å². The van der Waals surface area contributed by atoms with Crippen LogP contribution in [0.4, 0.5) is 0 Å². The Balaban J connectivity index is 2.22. The lowest BCUT2D eigenvalue weighted by atomic mass is 10.0. The van der Waals surface area contributed by atoms with E-state index in [0.29, 0.717) is 6.04 Å². The first-order chi connectivity index (χ1) is 8.20. The van der Waals surface area contributed by atoms with Crippen LogP contribution in [-0.4, -0.2) is 25.2 Å². The zero-order valence-electron chi connectivity index (χ0n) is 10.8. The molecule has 0 bridgehead atoms. The molecule has 17 heavy (non-hydrogen) atoms. The molecular weight excluding hydrogens is 230 g/mol. The molecule has 0 saturated carbocycles. The number of nitrogens with one attached hydrogen (secondary N) is 1. The summed E-state index contributed by atoms with van der Waals surface area (Å²) in [6.45, 7) is 5.53. The Bertz CT molecular complexity index is 380. The van der Waals surface area contributed by atoms with Gasteiger partial charge < -0.3 is 10.1 Å². The van der Waals surface area contributed by atoms with Crippen LogP contribution in [0.2, 0.25) is 0 Å². The van der Waals surface area contributed by atoms with Crippen molar-refractivity contribution in [3.8, 4) is 5.75 Å². The standard InChI is InChI=1S/C14H21NOS/c1-10-4-5-14(16-3)12(6-10)13-9-17-8-11(2)7-15-13/h4-6,11,13,15H,7-9H2,1-3H3. The second-order valence-electron chi connectivity index (χ2n) is 4.85. The Morgan fingerprint density at radius 3 is 2.94 bits per heavy atom. The van der Waals surface area contributed by atoms with Gasteiger partial charge in [0.2, 0.25) is 0 Å². The average molecular weight is 251 g/mol. The van der Waals surface area contributed by atoms with Crippen molar-refractivity contribution >= 4 is 11.8 Å². The number of benzene rings is 1. The summed E-state index contributed by atoms with van der Waals surface area (Å²) in [5.41, 5.74) is 2.60. The van der Waals surface area contributed by atoms with Crippen molar-refractivity contribution in [3.05, 3.63) is 29.3 Å². The maximum atomic E-state index is 5.47. The lowest BCUT2D eigenvalue weighted by Crippen LogP contribution is -2.26. The molecular formula is C14H21NOS. The van der Waals surface area contributed by atoms with Crippen molar-refractivity contribution in [1.82, 2.24) is 5.32 Å². The smallest absolute Gasteiger partial charge is 0.123 e. The van der Waals surface area contributed by atoms with Gasteiger partial charge in [0.25, 0.3) is 0 Å². The summed E-state index contributed by atoms with van der Waals surface area (Å²) in [6, 6.07) is 6.84. The van der Waals surface area contributed by atoms with Crippen molar-refractivity contribution in [2.75, 3.05) is 25.2 Å². The zero-order chi connectivity index (χ0) is 12.3. The molecule has 1 heterocycles. The summed E-state index contributed by atoms with van der Waals surface area (Å²) in [5.74, 6) is 4.13. The highest BCUT2D eigenvalue weighted by Crippen LogP contribution is 2.30. The predicted octanol–water partition coefficient (Wildman–Crippen LogP) is 3.02. The quantitative estimate of drug-likeness (QED) is 0.873. The fourth-order valence-corrected chi connectivity index (χ4v) is 3.36. The van der Waals surface area contributed by atoms with E-state index in [0.717, 1.165) is 24.0 Å². The second kappa shape index (κ2) is 5.78. The molecule has 2 atom stereocenters. The number of methoxy groups -OCH3 is 1. The summed E-state index contributed by atoms with van der Waals surface area (Å²) in [4.78, 5) is 0. The van der Waals surface area contributed by atoms with E-state index in [9.17, 15) is 0 Å². The summed E-state index contributed by atoms with van der Waals surface area (Å²) in [7, 11) is 1.75. The molecule has 0 aromatic heterocycles. The summed E-state index contributed by atoms with van der Waals surface area (Å²) >= 11 is 2.03. The van der Waals surface area contributed by atoms with E-state index in [-0.39, 0.29) is 0 Å². The first-order valence-electron chi connectivity index (χ1n) is 6.16. The minimum atomic E-state index is 0.416. The van der Waals surface area contributed by atoms with Gasteiger partial charge >= 0.3 is 0 Å². The Morgan fingerprint density at radius 2 is 2.18 bits per heavy atom. The number of ether oxygens (including phenoxy) is 1. The number of aryl methyl sites for hydroxylation is 1. The van der Waals surface area contributed by atoms with Gasteiger partial charge in [0.15, 0.2) is 0 Å². The first-order valence-corrected chi connectivity index (χ1v) is 7.32. The van der Waals surface area contributed by atoms with Crippen molar-refractivity contribution in [1.29, 1.82) is 0 Å². The van der Waals surface area contributed by atoms with Crippen LogP contribution < -0.4 is 10.1 Å². The van der Waals surface area contributed by atoms with Gasteiger partial charge in [-0.1, -0.05) is 24.6 Å². The van der Waals surface area contributed by atoms with Crippen LogP contribution in [0.1, 0.15) is 24.1 Å². The van der Waals surface area contributed by atoms with E-state index < -0.39 is 0 Å². The molecule has 1 fully saturated rings. The molecule has 1 aliphatic heterocycles. The Morgan fingerprint density at radius 1 is 1.35 bits per heavy atom. The summed E-state index contributed by atoms with van der Waals surface area (Å²) < 4.78 is 5.47. The van der Waals surface area contributed by atoms with E-state index in [2.05, 4.69) is 37.4 Å². The lowest BCUT2D eigenvalue weighted by Gasteiger charge is -2.19. The van der Waals surface area contributed by atoms with Crippen molar-refractivity contribution in [2.45, 2.75) is 19.9 Å². The molecule has 0 radical (unpaired) electrons. The van der Waals surface area contributed by atoms with Crippen LogP contribution in [0.15, 0.2) is 18.2 Å². The molecule has 1 aromatic carbocycles. The molecule has 1 aromatic rings. The van der Waals surface area contributed by atoms with Crippen LogP contribution in [0, 0.1) is 12.8 Å². The third kappa shape index (κ3) is 3.17. The molecule has 2 nitrogen and oxygen atoms in total. The molecule has 1 aliphatic rings. The molecule has 3 heteroatoms. The summed E-state index contributed by atoms with van der Waals surface area (Å²) in [5, 5.41) is 3.65. The van der Waals surface area contributed by atoms with Gasteiger partial charge in [0.1, 0.15) is 5.75 Å². The van der Waals surface area contributed by atoms with Gasteiger partial charge in [-0.15, -0.1) is 0 Å². The van der Waals surface area contributed by atoms with Crippen LogP contribution in [-0.2, 0) is 0 Å². The normalized spacial score (nSPS) is 25.4. The first kappa shape index (κ1) is 12.8. The lowest BCUT2D eigenvalue weighted by molar-refractivity contribution is 0.400. The zero-order valence-corrected chi connectivity index (χ0v) is 11.6. The average Bonchev–Trinajstić information content (AvgIpc) is 2.54. The number of thioether (sulfide) groups is 1. The van der Waals surface area contributed by atoms with Crippen molar-refractivity contribution in [2.24, 2.45) is 5.92 Å². The number of hydrogen-bond acceptors (Lipinski definition) is 3. The Kier molecular flexibility index (Phi) is 4.35. The van der Waals surface area contributed by atoms with E-state index in [4.69, 9.17) is 4.74 Å². The number of rotatable bonds is 2. The third-order valence-corrected chi connectivity index (χ3v) is 4.53. The highest BCUT2D eigenvalue weighted by Gasteiger charge is 2.20. The molecule has 94 valence electrons. The molecule has 1 N–H and O–H groups in total. The predicted molar refractivity (Wildman–Crippen MR) is 75.0 cm³/mol. The van der Waals surface area contributed by atoms with Gasteiger partial charge in [-0.25, -0.2) is 0 Å². The minimum Gasteiger partial charge on any atom is -0.496 e. The minimum absolute atomic E-state index is 0.416. The van der Waals surface area contributed by atoms with Crippen molar-refractivity contribution in [3.63, 3.8) is 0 Å². The Labute approximate surface area is 108 Å². The molecule has 1 saturated heterocycles. The van der Waals surface area contributed by atoms with E-state index >= 15 is 0 Å². The fourth-order valence-electron chi connectivity index (χ4n) is 2.17. The van der Waals surface area contributed by atoms with Gasteiger partial charge in [-0.3, -0.25) is 0 Å². The topological polar surface area (TPSA) is 21.3 Å². The van der Waals surface area contributed by atoms with Gasteiger partial charge in [0, 0.05) is 17.4 Å². The SMILES string of the molecule is COc1ccc(C)cc1C1CSCC(C)CN1. The monoisotopic (exact) mass is 251 g/mol. The van der Waals surface area contributed by atoms with Crippen molar-refractivity contribution < 1.29 is 4.74 Å². The highest BCUT2D eigenvalue weighted by molar-refractivity contribution is 7.99. The van der Waals surface area contributed by atoms with Crippen LogP contribution in [0.3, 0.4) is 0 Å². The Hall–Kier alpha value is -0.670. The maximum absolute atomic E-state index is 5.47. The maximum Gasteiger partial charge on any atom is 0.123 e. The van der Waals surface area contributed by atoms with Crippen LogP contribution in [0.25, 0.3) is 0 Å².